The Morgan fingerprint density at radius 3 is 2.81 bits per heavy atom. The first-order valence-corrected chi connectivity index (χ1v) is 10.1. The standard InChI is InChI=1S/C15H30N2O3S/c1-3-7-16-15(12-18)6-4-5-14(10-15)17-8-9-21(19,20)11-13(17)2/h13-14,16,18H,3-12H2,1-2H3. The average molecular weight is 318 g/mol. The van der Waals surface area contributed by atoms with Crippen LogP contribution in [0.4, 0.5) is 0 Å². The summed E-state index contributed by atoms with van der Waals surface area (Å²) in [6.07, 6.45) is 5.21. The molecular weight excluding hydrogens is 288 g/mol. The van der Waals surface area contributed by atoms with Crippen molar-refractivity contribution >= 4 is 9.84 Å². The predicted octanol–water partition coefficient (Wildman–Crippen LogP) is 0.779. The fourth-order valence-electron chi connectivity index (χ4n) is 3.92. The average Bonchev–Trinajstić information content (AvgIpc) is 2.44. The van der Waals surface area contributed by atoms with Crippen LogP contribution >= 0.6 is 0 Å². The van der Waals surface area contributed by atoms with Gasteiger partial charge in [-0.2, -0.15) is 0 Å². The minimum absolute atomic E-state index is 0.0921. The second kappa shape index (κ2) is 6.94. The number of aliphatic hydroxyl groups excluding tert-OH is 1. The minimum Gasteiger partial charge on any atom is -0.394 e. The second-order valence-electron chi connectivity index (χ2n) is 6.82. The lowest BCUT2D eigenvalue weighted by molar-refractivity contribution is 0.0470. The van der Waals surface area contributed by atoms with Crippen LogP contribution in [0.1, 0.15) is 46.0 Å². The maximum atomic E-state index is 11.7. The van der Waals surface area contributed by atoms with Crippen LogP contribution in [0.15, 0.2) is 0 Å². The molecule has 0 amide bonds. The molecule has 0 aromatic carbocycles. The molecule has 21 heavy (non-hydrogen) atoms. The van der Waals surface area contributed by atoms with Gasteiger partial charge in [0.25, 0.3) is 0 Å². The van der Waals surface area contributed by atoms with Gasteiger partial charge < -0.3 is 10.4 Å². The van der Waals surface area contributed by atoms with E-state index in [4.69, 9.17) is 0 Å². The van der Waals surface area contributed by atoms with Crippen molar-refractivity contribution in [2.75, 3.05) is 31.2 Å². The lowest BCUT2D eigenvalue weighted by Crippen LogP contribution is -2.59. The van der Waals surface area contributed by atoms with Crippen LogP contribution in [0.3, 0.4) is 0 Å². The van der Waals surface area contributed by atoms with E-state index in [9.17, 15) is 13.5 Å². The number of sulfone groups is 1. The molecule has 1 saturated heterocycles. The molecule has 1 aliphatic carbocycles. The first-order chi connectivity index (χ1) is 9.91. The minimum atomic E-state index is -2.86. The van der Waals surface area contributed by atoms with Crippen LogP contribution in [0.5, 0.6) is 0 Å². The quantitative estimate of drug-likeness (QED) is 0.784. The summed E-state index contributed by atoms with van der Waals surface area (Å²) in [6, 6.07) is 0.482. The van der Waals surface area contributed by atoms with Gasteiger partial charge in [-0.25, -0.2) is 8.42 Å². The Bertz CT molecular complexity index is 440. The normalized spacial score (nSPS) is 37.5. The van der Waals surface area contributed by atoms with E-state index in [2.05, 4.69) is 17.1 Å². The predicted molar refractivity (Wildman–Crippen MR) is 85.2 cm³/mol. The Morgan fingerprint density at radius 1 is 1.43 bits per heavy atom. The van der Waals surface area contributed by atoms with E-state index in [0.717, 1.165) is 38.6 Å². The van der Waals surface area contributed by atoms with Crippen LogP contribution in [0, 0.1) is 0 Å². The van der Waals surface area contributed by atoms with Crippen LogP contribution in [0.25, 0.3) is 0 Å². The third kappa shape index (κ3) is 4.18. The lowest BCUT2D eigenvalue weighted by Gasteiger charge is -2.47. The molecule has 3 unspecified atom stereocenters. The van der Waals surface area contributed by atoms with Crippen molar-refractivity contribution in [3.05, 3.63) is 0 Å². The molecule has 5 nitrogen and oxygen atoms in total. The summed E-state index contributed by atoms with van der Waals surface area (Å²) in [4.78, 5) is 2.36. The van der Waals surface area contributed by atoms with Crippen molar-refractivity contribution in [3.63, 3.8) is 0 Å². The highest BCUT2D eigenvalue weighted by atomic mass is 32.2. The summed E-state index contributed by atoms with van der Waals surface area (Å²) in [7, 11) is -2.86. The van der Waals surface area contributed by atoms with Crippen LogP contribution in [-0.2, 0) is 9.84 Å². The highest BCUT2D eigenvalue weighted by molar-refractivity contribution is 7.91. The zero-order valence-electron chi connectivity index (χ0n) is 13.3. The van der Waals surface area contributed by atoms with Gasteiger partial charge in [-0.15, -0.1) is 0 Å². The van der Waals surface area contributed by atoms with Gasteiger partial charge in [0.05, 0.1) is 18.1 Å². The van der Waals surface area contributed by atoms with Crippen molar-refractivity contribution in [1.29, 1.82) is 0 Å². The molecule has 1 heterocycles. The Labute approximate surface area is 129 Å². The number of hydrogen-bond acceptors (Lipinski definition) is 5. The molecule has 1 aliphatic heterocycles. The maximum absolute atomic E-state index is 11.7. The Morgan fingerprint density at radius 2 is 2.19 bits per heavy atom. The van der Waals surface area contributed by atoms with Crippen LogP contribution < -0.4 is 5.32 Å². The van der Waals surface area contributed by atoms with Gasteiger partial charge in [0.1, 0.15) is 0 Å². The zero-order valence-corrected chi connectivity index (χ0v) is 14.2. The number of rotatable bonds is 5. The zero-order chi connectivity index (χ0) is 15.5. The van der Waals surface area contributed by atoms with Crippen molar-refractivity contribution in [2.24, 2.45) is 0 Å². The molecule has 0 aromatic rings. The summed E-state index contributed by atoms with van der Waals surface area (Å²) in [5.74, 6) is 0.556. The summed E-state index contributed by atoms with van der Waals surface area (Å²) in [6.45, 7) is 5.89. The first kappa shape index (κ1) is 17.2. The van der Waals surface area contributed by atoms with Gasteiger partial charge in [0, 0.05) is 24.2 Å². The molecule has 124 valence electrons. The summed E-state index contributed by atoms with van der Waals surface area (Å²) in [5, 5.41) is 13.4. The first-order valence-electron chi connectivity index (χ1n) is 8.23. The third-order valence-corrected chi connectivity index (χ3v) is 6.86. The van der Waals surface area contributed by atoms with Gasteiger partial charge in [0.15, 0.2) is 9.84 Å². The van der Waals surface area contributed by atoms with E-state index in [-0.39, 0.29) is 29.7 Å². The highest BCUT2D eigenvalue weighted by Gasteiger charge is 2.40. The van der Waals surface area contributed by atoms with E-state index < -0.39 is 9.84 Å². The number of aliphatic hydroxyl groups is 1. The fourth-order valence-corrected chi connectivity index (χ4v) is 5.50. The van der Waals surface area contributed by atoms with E-state index >= 15 is 0 Å². The van der Waals surface area contributed by atoms with Crippen LogP contribution in [-0.4, -0.2) is 67.2 Å². The van der Waals surface area contributed by atoms with Crippen LogP contribution in [0.2, 0.25) is 0 Å². The molecule has 3 atom stereocenters. The summed E-state index contributed by atoms with van der Waals surface area (Å²) in [5.41, 5.74) is -0.172. The molecule has 6 heteroatoms. The van der Waals surface area contributed by atoms with Gasteiger partial charge in [-0.3, -0.25) is 4.90 Å². The lowest BCUT2D eigenvalue weighted by atomic mass is 9.78. The molecule has 2 fully saturated rings. The molecule has 2 aliphatic rings. The SMILES string of the molecule is CCCNC1(CO)CCCC(N2CCS(=O)(=O)CC2C)C1. The third-order valence-electron chi connectivity index (χ3n) is 5.06. The maximum Gasteiger partial charge on any atom is 0.153 e. The van der Waals surface area contributed by atoms with Crippen molar-refractivity contribution in [3.8, 4) is 0 Å². The monoisotopic (exact) mass is 318 g/mol. The van der Waals surface area contributed by atoms with Crippen molar-refractivity contribution in [2.45, 2.75) is 63.6 Å². The fraction of sp³-hybridized carbons (Fsp3) is 1.00. The Balaban J connectivity index is 2.03. The molecule has 2 N–H and O–H groups in total. The van der Waals surface area contributed by atoms with E-state index in [1.54, 1.807) is 0 Å². The number of nitrogens with zero attached hydrogens (tertiary/aromatic N) is 1. The molecule has 0 spiro atoms. The van der Waals surface area contributed by atoms with Crippen molar-refractivity contribution in [1.82, 2.24) is 10.2 Å². The van der Waals surface area contributed by atoms with E-state index in [1.165, 1.54) is 0 Å². The van der Waals surface area contributed by atoms with Gasteiger partial charge in [-0.05, 0) is 45.6 Å². The largest absolute Gasteiger partial charge is 0.394 e. The molecule has 0 aromatic heterocycles. The molecule has 2 rings (SSSR count). The molecule has 0 radical (unpaired) electrons. The van der Waals surface area contributed by atoms with E-state index in [0.29, 0.717) is 12.6 Å². The smallest absolute Gasteiger partial charge is 0.153 e. The molecule has 1 saturated carbocycles. The molecular formula is C15H30N2O3S. The Hall–Kier alpha value is -0.170. The Kier molecular flexibility index (Phi) is 5.68. The van der Waals surface area contributed by atoms with Gasteiger partial charge in [-0.1, -0.05) is 6.92 Å². The van der Waals surface area contributed by atoms with Gasteiger partial charge >= 0.3 is 0 Å². The van der Waals surface area contributed by atoms with Gasteiger partial charge in [0.2, 0.25) is 0 Å². The topological polar surface area (TPSA) is 69.6 Å². The summed E-state index contributed by atoms with van der Waals surface area (Å²) < 4.78 is 23.5. The summed E-state index contributed by atoms with van der Waals surface area (Å²) >= 11 is 0. The second-order valence-corrected chi connectivity index (χ2v) is 9.05. The van der Waals surface area contributed by atoms with E-state index in [1.807, 2.05) is 6.92 Å². The molecule has 0 bridgehead atoms. The number of hydrogen-bond donors (Lipinski definition) is 2. The number of nitrogens with one attached hydrogen (secondary N) is 1. The highest BCUT2D eigenvalue weighted by Crippen LogP contribution is 2.33. The van der Waals surface area contributed by atoms with Crippen molar-refractivity contribution < 1.29 is 13.5 Å².